The highest BCUT2D eigenvalue weighted by atomic mass is 16.1. The van der Waals surface area contributed by atoms with Crippen molar-refractivity contribution in [3.63, 3.8) is 0 Å². The molecule has 2 N–H and O–H groups in total. The zero-order valence-corrected chi connectivity index (χ0v) is 12.3. The Labute approximate surface area is 126 Å². The first-order valence-electron chi connectivity index (χ1n) is 7.56. The minimum absolute atomic E-state index is 0.187. The van der Waals surface area contributed by atoms with Crippen molar-refractivity contribution in [2.45, 2.75) is 31.1 Å². The van der Waals surface area contributed by atoms with Gasteiger partial charge in [-0.05, 0) is 35.8 Å². The summed E-state index contributed by atoms with van der Waals surface area (Å²) in [5.74, 6) is 0.417. The lowest BCUT2D eigenvalue weighted by molar-refractivity contribution is -0.130. The van der Waals surface area contributed by atoms with E-state index in [1.54, 1.807) is 0 Å². The van der Waals surface area contributed by atoms with Crippen LogP contribution in [0.2, 0.25) is 0 Å². The van der Waals surface area contributed by atoms with E-state index >= 15 is 0 Å². The zero-order valence-electron chi connectivity index (χ0n) is 12.3. The van der Waals surface area contributed by atoms with Crippen molar-refractivity contribution >= 4 is 5.91 Å². The number of primary amides is 1. The van der Waals surface area contributed by atoms with Crippen LogP contribution >= 0.6 is 0 Å². The predicted molar refractivity (Wildman–Crippen MR) is 84.9 cm³/mol. The molecule has 3 unspecified atom stereocenters. The Balaban J connectivity index is 1.98. The second-order valence-electron chi connectivity index (χ2n) is 6.05. The maximum Gasteiger partial charge on any atom is 0.228 e. The number of carbonyl (C=O) groups excluding carboxylic acids is 1. The lowest BCUT2D eigenvalue weighted by Gasteiger charge is -2.50. The molecule has 1 saturated carbocycles. The van der Waals surface area contributed by atoms with Gasteiger partial charge in [0.1, 0.15) is 0 Å². The Morgan fingerprint density at radius 2 is 1.67 bits per heavy atom. The van der Waals surface area contributed by atoms with Crippen LogP contribution in [0.3, 0.4) is 0 Å². The maximum absolute atomic E-state index is 12.3. The van der Waals surface area contributed by atoms with E-state index in [1.807, 2.05) is 36.4 Å². The van der Waals surface area contributed by atoms with Gasteiger partial charge in [0, 0.05) is 0 Å². The Hall–Kier alpha value is -2.09. The van der Waals surface area contributed by atoms with Gasteiger partial charge in [0.15, 0.2) is 0 Å². The monoisotopic (exact) mass is 279 g/mol. The van der Waals surface area contributed by atoms with Gasteiger partial charge in [0.2, 0.25) is 5.91 Å². The van der Waals surface area contributed by atoms with Gasteiger partial charge in [0.25, 0.3) is 0 Å². The highest BCUT2D eigenvalue weighted by Gasteiger charge is 2.54. The molecule has 2 aromatic rings. The van der Waals surface area contributed by atoms with Crippen molar-refractivity contribution < 1.29 is 4.79 Å². The minimum atomic E-state index is -0.503. The topological polar surface area (TPSA) is 43.1 Å². The van der Waals surface area contributed by atoms with E-state index in [-0.39, 0.29) is 11.8 Å². The molecule has 0 aliphatic heterocycles. The maximum atomic E-state index is 12.3. The van der Waals surface area contributed by atoms with Crippen molar-refractivity contribution in [3.05, 3.63) is 71.8 Å². The van der Waals surface area contributed by atoms with E-state index in [2.05, 4.69) is 31.2 Å². The average Bonchev–Trinajstić information content (AvgIpc) is 2.48. The van der Waals surface area contributed by atoms with Gasteiger partial charge in [-0.1, -0.05) is 67.6 Å². The van der Waals surface area contributed by atoms with Crippen molar-refractivity contribution in [2.75, 3.05) is 0 Å². The Morgan fingerprint density at radius 3 is 2.14 bits per heavy atom. The van der Waals surface area contributed by atoms with Crippen LogP contribution in [0.25, 0.3) is 0 Å². The fourth-order valence-electron chi connectivity index (χ4n) is 3.81. The normalized spacial score (nSPS) is 25.9. The molecular weight excluding hydrogens is 258 g/mol. The van der Waals surface area contributed by atoms with Gasteiger partial charge in [-0.25, -0.2) is 0 Å². The molecule has 21 heavy (non-hydrogen) atoms. The number of carbonyl (C=O) groups is 1. The van der Waals surface area contributed by atoms with Crippen LogP contribution in [0.4, 0.5) is 0 Å². The van der Waals surface area contributed by atoms with Crippen LogP contribution in [-0.2, 0) is 10.2 Å². The number of hydrogen-bond acceptors (Lipinski definition) is 1. The summed E-state index contributed by atoms with van der Waals surface area (Å²) in [5.41, 5.74) is 7.68. The van der Waals surface area contributed by atoms with Gasteiger partial charge in [-0.3, -0.25) is 4.79 Å². The van der Waals surface area contributed by atoms with E-state index < -0.39 is 5.41 Å². The van der Waals surface area contributed by atoms with Crippen LogP contribution in [-0.4, -0.2) is 5.91 Å². The molecule has 2 aromatic carbocycles. The molecule has 1 aliphatic carbocycles. The third kappa shape index (κ3) is 2.15. The number of hydrogen-bond donors (Lipinski definition) is 1. The third-order valence-corrected chi connectivity index (χ3v) is 5.14. The summed E-state index contributed by atoms with van der Waals surface area (Å²) in [6, 6.07) is 20.4. The number of benzene rings is 2. The lowest BCUT2D eigenvalue weighted by atomic mass is 9.52. The highest BCUT2D eigenvalue weighted by molar-refractivity contribution is 5.88. The van der Waals surface area contributed by atoms with Crippen molar-refractivity contribution in [1.29, 1.82) is 0 Å². The molecule has 108 valence electrons. The Bertz CT molecular complexity index is 623. The van der Waals surface area contributed by atoms with Gasteiger partial charge in [-0.2, -0.15) is 0 Å². The van der Waals surface area contributed by atoms with Crippen LogP contribution in [0.1, 0.15) is 36.8 Å². The highest BCUT2D eigenvalue weighted by Crippen LogP contribution is 2.54. The quantitative estimate of drug-likeness (QED) is 0.912. The van der Waals surface area contributed by atoms with Crippen molar-refractivity contribution in [3.8, 4) is 0 Å². The van der Waals surface area contributed by atoms with Gasteiger partial charge < -0.3 is 5.73 Å². The summed E-state index contributed by atoms with van der Waals surface area (Å²) < 4.78 is 0. The molecule has 0 radical (unpaired) electrons. The second kappa shape index (κ2) is 5.36. The molecule has 1 aliphatic rings. The summed E-state index contributed by atoms with van der Waals surface area (Å²) in [6.45, 7) is 2.21. The second-order valence-corrected chi connectivity index (χ2v) is 6.05. The van der Waals surface area contributed by atoms with E-state index in [4.69, 9.17) is 5.73 Å². The fraction of sp³-hybridized carbons (Fsp3) is 0.316. The molecule has 2 nitrogen and oxygen atoms in total. The first-order valence-corrected chi connectivity index (χ1v) is 7.56. The smallest absolute Gasteiger partial charge is 0.228 e. The van der Waals surface area contributed by atoms with Gasteiger partial charge in [-0.15, -0.1) is 0 Å². The zero-order chi connectivity index (χ0) is 14.9. The number of rotatable bonds is 4. The molecule has 0 spiro atoms. The van der Waals surface area contributed by atoms with E-state index in [9.17, 15) is 4.79 Å². The van der Waals surface area contributed by atoms with E-state index in [1.165, 1.54) is 5.56 Å². The molecule has 1 amide bonds. The third-order valence-electron chi connectivity index (χ3n) is 5.14. The summed E-state index contributed by atoms with van der Waals surface area (Å²) >= 11 is 0. The van der Waals surface area contributed by atoms with Crippen LogP contribution < -0.4 is 5.73 Å². The van der Waals surface area contributed by atoms with Gasteiger partial charge >= 0.3 is 0 Å². The molecule has 3 rings (SSSR count). The van der Waals surface area contributed by atoms with Gasteiger partial charge in [0.05, 0.1) is 5.41 Å². The molecule has 0 saturated heterocycles. The predicted octanol–water partition coefficient (Wildman–Crippen LogP) is 3.62. The summed E-state index contributed by atoms with van der Waals surface area (Å²) in [4.78, 5) is 12.3. The molecule has 0 heterocycles. The van der Waals surface area contributed by atoms with Crippen molar-refractivity contribution in [2.24, 2.45) is 11.7 Å². The van der Waals surface area contributed by atoms with E-state index in [0.717, 1.165) is 18.4 Å². The average molecular weight is 279 g/mol. The molecule has 0 aromatic heterocycles. The summed E-state index contributed by atoms with van der Waals surface area (Å²) in [5, 5.41) is 0. The molecule has 1 fully saturated rings. The summed E-state index contributed by atoms with van der Waals surface area (Å²) in [6.07, 6.45) is 1.90. The largest absolute Gasteiger partial charge is 0.369 e. The lowest BCUT2D eigenvalue weighted by Crippen LogP contribution is -2.55. The molecule has 3 atom stereocenters. The molecule has 0 bridgehead atoms. The first-order chi connectivity index (χ1) is 10.2. The number of nitrogens with two attached hydrogens (primary N) is 1. The van der Waals surface area contributed by atoms with Crippen LogP contribution in [0, 0.1) is 5.92 Å². The van der Waals surface area contributed by atoms with Crippen LogP contribution in [0.15, 0.2) is 60.7 Å². The molecular formula is C19H21NO. The molecule has 2 heteroatoms. The Kier molecular flexibility index (Phi) is 3.54. The van der Waals surface area contributed by atoms with E-state index in [0.29, 0.717) is 5.92 Å². The van der Waals surface area contributed by atoms with Crippen molar-refractivity contribution in [1.82, 2.24) is 0 Å². The van der Waals surface area contributed by atoms with Crippen LogP contribution in [0.5, 0.6) is 0 Å². The summed E-state index contributed by atoms with van der Waals surface area (Å²) in [7, 11) is 0. The first kappa shape index (κ1) is 13.9. The minimum Gasteiger partial charge on any atom is -0.369 e. The Morgan fingerprint density at radius 1 is 1.10 bits per heavy atom. The number of amides is 1. The standard InChI is InChI=1S/C19H21NO/c1-14(15-8-4-2-5-9-15)17-12-13-19(17,18(20)21)16-10-6-3-7-11-16/h2-11,14,17H,12-13H2,1H3,(H2,20,21). The fourth-order valence-corrected chi connectivity index (χ4v) is 3.81. The SMILES string of the molecule is CC(c1ccccc1)C1CCC1(C(N)=O)c1ccccc1.